The van der Waals surface area contributed by atoms with Gasteiger partial charge in [0.25, 0.3) is 0 Å². The second kappa shape index (κ2) is 25.6. The van der Waals surface area contributed by atoms with E-state index in [1.807, 2.05) is 0 Å². The van der Waals surface area contributed by atoms with Crippen LogP contribution in [0, 0.1) is 5.92 Å². The lowest BCUT2D eigenvalue weighted by Gasteiger charge is -2.36. The van der Waals surface area contributed by atoms with Gasteiger partial charge in [0.15, 0.2) is 0 Å². The van der Waals surface area contributed by atoms with Crippen LogP contribution in [0.25, 0.3) is 0 Å². The van der Waals surface area contributed by atoms with E-state index in [0.717, 1.165) is 0 Å². The lowest BCUT2D eigenvalue weighted by atomic mass is 10.0. The van der Waals surface area contributed by atoms with Crippen LogP contribution in [-0.4, -0.2) is 29.1 Å². The Labute approximate surface area is 235 Å². The van der Waals surface area contributed by atoms with Crippen LogP contribution in [0.1, 0.15) is 188 Å². The molecular formula is C35H70N2. The van der Waals surface area contributed by atoms with Crippen LogP contribution in [0.5, 0.6) is 0 Å². The maximum Gasteiger partial charge on any atom is 0.103 e. The lowest BCUT2D eigenvalue weighted by Crippen LogP contribution is -2.43. The van der Waals surface area contributed by atoms with Gasteiger partial charge in [0.2, 0.25) is 0 Å². The molecule has 220 valence electrons. The van der Waals surface area contributed by atoms with Gasteiger partial charge in [0, 0.05) is 25.5 Å². The zero-order valence-electron chi connectivity index (χ0n) is 26.3. The SMILES string of the molecule is CCCCCCCCCCCCCCCN1C=CN(CCCCCCCCCCCCCC)C1C(C)C. The van der Waals surface area contributed by atoms with Crippen molar-refractivity contribution in [2.75, 3.05) is 13.1 Å². The average molecular weight is 519 g/mol. The van der Waals surface area contributed by atoms with Crippen LogP contribution in [0.15, 0.2) is 12.4 Å². The minimum absolute atomic E-state index is 0.588. The summed E-state index contributed by atoms with van der Waals surface area (Å²) in [4.78, 5) is 5.28. The van der Waals surface area contributed by atoms with Crippen molar-refractivity contribution < 1.29 is 0 Å². The molecule has 0 aliphatic carbocycles. The molecule has 0 N–H and O–H groups in total. The van der Waals surface area contributed by atoms with Gasteiger partial charge in [0.1, 0.15) is 6.17 Å². The first-order chi connectivity index (χ1) is 18.2. The van der Waals surface area contributed by atoms with Gasteiger partial charge in [-0.15, -0.1) is 0 Å². The van der Waals surface area contributed by atoms with Crippen molar-refractivity contribution in [2.24, 2.45) is 5.92 Å². The summed E-state index contributed by atoms with van der Waals surface area (Å²) in [5.74, 6) is 0.689. The number of unbranched alkanes of at least 4 members (excludes halogenated alkanes) is 23. The van der Waals surface area contributed by atoms with E-state index in [2.05, 4.69) is 49.9 Å². The highest BCUT2D eigenvalue weighted by Crippen LogP contribution is 2.24. The number of nitrogens with zero attached hydrogens (tertiary/aromatic N) is 2. The number of hydrogen-bond donors (Lipinski definition) is 0. The summed E-state index contributed by atoms with van der Waals surface area (Å²) in [6.07, 6.45) is 41.3. The summed E-state index contributed by atoms with van der Waals surface area (Å²) in [6.45, 7) is 11.9. The molecule has 37 heavy (non-hydrogen) atoms. The lowest BCUT2D eigenvalue weighted by molar-refractivity contribution is 0.104. The highest BCUT2D eigenvalue weighted by molar-refractivity contribution is 4.98. The predicted molar refractivity (Wildman–Crippen MR) is 168 cm³/mol. The summed E-state index contributed by atoms with van der Waals surface area (Å²) in [6, 6.07) is 0. The molecule has 0 amide bonds. The second-order valence-corrected chi connectivity index (χ2v) is 12.6. The molecule has 0 radical (unpaired) electrons. The third-order valence-electron chi connectivity index (χ3n) is 8.52. The van der Waals surface area contributed by atoms with Crippen molar-refractivity contribution in [3.63, 3.8) is 0 Å². The second-order valence-electron chi connectivity index (χ2n) is 12.6. The Morgan fingerprint density at radius 3 is 0.892 bits per heavy atom. The van der Waals surface area contributed by atoms with Gasteiger partial charge in [-0.1, -0.05) is 175 Å². The van der Waals surface area contributed by atoms with E-state index < -0.39 is 0 Å². The highest BCUT2D eigenvalue weighted by atomic mass is 15.4. The summed E-state index contributed by atoms with van der Waals surface area (Å²) in [7, 11) is 0. The topological polar surface area (TPSA) is 6.48 Å². The number of rotatable bonds is 28. The summed E-state index contributed by atoms with van der Waals surface area (Å²) in [5.41, 5.74) is 0. The Balaban J connectivity index is 1.98. The fourth-order valence-electron chi connectivity index (χ4n) is 6.17. The van der Waals surface area contributed by atoms with Gasteiger partial charge < -0.3 is 9.80 Å². The molecule has 0 spiro atoms. The molecule has 0 aromatic heterocycles. The molecule has 0 aromatic carbocycles. The zero-order valence-corrected chi connectivity index (χ0v) is 26.3. The van der Waals surface area contributed by atoms with Gasteiger partial charge in [-0.2, -0.15) is 0 Å². The van der Waals surface area contributed by atoms with Crippen LogP contribution in [0.4, 0.5) is 0 Å². The molecule has 0 aromatic rings. The molecule has 1 atom stereocenters. The minimum atomic E-state index is 0.588. The van der Waals surface area contributed by atoms with Gasteiger partial charge >= 0.3 is 0 Å². The summed E-state index contributed by atoms with van der Waals surface area (Å²) >= 11 is 0. The number of hydrogen-bond acceptors (Lipinski definition) is 2. The smallest absolute Gasteiger partial charge is 0.103 e. The average Bonchev–Trinajstić information content (AvgIpc) is 3.30. The quantitative estimate of drug-likeness (QED) is 0.0950. The molecule has 0 saturated heterocycles. The fourth-order valence-corrected chi connectivity index (χ4v) is 6.17. The van der Waals surface area contributed by atoms with E-state index in [9.17, 15) is 0 Å². The molecule has 1 heterocycles. The van der Waals surface area contributed by atoms with Gasteiger partial charge in [-0.3, -0.25) is 0 Å². The van der Waals surface area contributed by atoms with Crippen molar-refractivity contribution in [1.82, 2.24) is 9.80 Å². The molecule has 1 aliphatic heterocycles. The molecule has 1 rings (SSSR count). The van der Waals surface area contributed by atoms with Crippen molar-refractivity contribution in [3.8, 4) is 0 Å². The molecule has 2 heteroatoms. The maximum absolute atomic E-state index is 2.64. The van der Waals surface area contributed by atoms with E-state index in [1.165, 1.54) is 174 Å². The predicted octanol–water partition coefficient (Wildman–Crippen LogP) is 11.8. The Morgan fingerprint density at radius 1 is 0.405 bits per heavy atom. The van der Waals surface area contributed by atoms with Crippen molar-refractivity contribution >= 4 is 0 Å². The van der Waals surface area contributed by atoms with Crippen molar-refractivity contribution in [1.29, 1.82) is 0 Å². The Bertz CT molecular complexity index is 486. The standard InChI is InChI=1S/C35H70N2/c1-5-7-9-11-13-15-17-19-21-23-25-27-29-31-37-33-32-36(35(37)34(3)4)30-28-26-24-22-20-18-16-14-12-10-8-6-2/h32-35H,5-31H2,1-4H3. The fraction of sp³-hybridized carbons (Fsp3) is 0.943. The van der Waals surface area contributed by atoms with E-state index in [4.69, 9.17) is 0 Å². The van der Waals surface area contributed by atoms with Crippen LogP contribution in [0.2, 0.25) is 0 Å². The summed E-state index contributed by atoms with van der Waals surface area (Å²) in [5, 5.41) is 0. The van der Waals surface area contributed by atoms with Crippen LogP contribution in [0.3, 0.4) is 0 Å². The Hall–Kier alpha value is -0.660. The largest absolute Gasteiger partial charge is 0.356 e. The van der Waals surface area contributed by atoms with Gasteiger partial charge in [-0.25, -0.2) is 0 Å². The maximum atomic E-state index is 2.64. The molecule has 0 fully saturated rings. The first kappa shape index (κ1) is 34.4. The molecular weight excluding hydrogens is 448 g/mol. The Morgan fingerprint density at radius 2 is 0.649 bits per heavy atom. The van der Waals surface area contributed by atoms with E-state index >= 15 is 0 Å². The van der Waals surface area contributed by atoms with Crippen LogP contribution >= 0.6 is 0 Å². The minimum Gasteiger partial charge on any atom is -0.356 e. The van der Waals surface area contributed by atoms with Crippen molar-refractivity contribution in [2.45, 2.75) is 194 Å². The molecule has 1 unspecified atom stereocenters. The van der Waals surface area contributed by atoms with E-state index in [0.29, 0.717) is 12.1 Å². The van der Waals surface area contributed by atoms with E-state index in [-0.39, 0.29) is 0 Å². The molecule has 0 saturated carbocycles. The van der Waals surface area contributed by atoms with Gasteiger partial charge in [0.05, 0.1) is 0 Å². The monoisotopic (exact) mass is 519 g/mol. The molecule has 0 bridgehead atoms. The highest BCUT2D eigenvalue weighted by Gasteiger charge is 2.28. The normalized spacial score (nSPS) is 15.5. The first-order valence-corrected chi connectivity index (χ1v) is 17.4. The summed E-state index contributed by atoms with van der Waals surface area (Å²) < 4.78 is 0. The zero-order chi connectivity index (χ0) is 26.8. The first-order valence-electron chi connectivity index (χ1n) is 17.4. The van der Waals surface area contributed by atoms with E-state index in [1.54, 1.807) is 0 Å². The van der Waals surface area contributed by atoms with Crippen LogP contribution < -0.4 is 0 Å². The molecule has 1 aliphatic rings. The third kappa shape index (κ3) is 19.1. The van der Waals surface area contributed by atoms with Gasteiger partial charge in [-0.05, 0) is 18.8 Å². The van der Waals surface area contributed by atoms with Crippen LogP contribution in [-0.2, 0) is 0 Å². The third-order valence-corrected chi connectivity index (χ3v) is 8.52. The Kier molecular flexibility index (Phi) is 23.8. The van der Waals surface area contributed by atoms with Crippen molar-refractivity contribution in [3.05, 3.63) is 12.4 Å². The molecule has 2 nitrogen and oxygen atoms in total.